The van der Waals surface area contributed by atoms with E-state index in [4.69, 9.17) is 14.0 Å². The summed E-state index contributed by atoms with van der Waals surface area (Å²) in [5.74, 6) is -0.803. The molecule has 0 rings (SSSR count). The second kappa shape index (κ2) is 37.5. The third-order valence-electron chi connectivity index (χ3n) is 9.26. The van der Waals surface area contributed by atoms with E-state index in [2.05, 4.69) is 30.5 Å². The number of carbonyl (C=O) groups is 2. The average molecular weight is 731 g/mol. The zero-order chi connectivity index (χ0) is 36.8. The zero-order valence-electron chi connectivity index (χ0n) is 32.8. The van der Waals surface area contributed by atoms with E-state index in [0.29, 0.717) is 12.8 Å². The monoisotopic (exact) mass is 731 g/mol. The highest BCUT2D eigenvalue weighted by Gasteiger charge is 2.24. The van der Waals surface area contributed by atoms with Gasteiger partial charge in [-0.15, -0.1) is 0 Å². The van der Waals surface area contributed by atoms with Gasteiger partial charge < -0.3 is 14.4 Å². The van der Waals surface area contributed by atoms with Gasteiger partial charge in [-0.3, -0.25) is 18.6 Å². The molecule has 0 spiro atoms. The van der Waals surface area contributed by atoms with Gasteiger partial charge in [0.2, 0.25) is 0 Å². The minimum absolute atomic E-state index is 0.223. The summed E-state index contributed by atoms with van der Waals surface area (Å²) in [4.78, 5) is 34.4. The van der Waals surface area contributed by atoms with Crippen LogP contribution in [0.4, 0.5) is 0 Å². The summed E-state index contributed by atoms with van der Waals surface area (Å²) in [5, 5.41) is 0. The summed E-state index contributed by atoms with van der Waals surface area (Å²) in [6.45, 7) is 3.90. The normalized spacial score (nSPS) is 13.4. The average Bonchev–Trinajstić information content (AvgIpc) is 3.10. The van der Waals surface area contributed by atoms with Crippen molar-refractivity contribution in [3.05, 3.63) is 12.2 Å². The lowest BCUT2D eigenvalue weighted by Crippen LogP contribution is -2.29. The molecule has 1 N–H and O–H groups in total. The number of unbranched alkanes of at least 4 members (excludes halogenated alkanes) is 26. The SMILES string of the molecule is CCCCCCCCC/C=C\CCCCCCCC(=O)OC(COC(=O)CCCCCCCCCCCCCCCCC)COP(=O)(O)OC. The smallest absolute Gasteiger partial charge is 0.462 e. The Balaban J connectivity index is 4.00. The van der Waals surface area contributed by atoms with Crippen molar-refractivity contribution in [2.24, 2.45) is 0 Å². The maximum Gasteiger partial charge on any atom is 0.472 e. The molecule has 0 fully saturated rings. The van der Waals surface area contributed by atoms with Crippen molar-refractivity contribution in [2.45, 2.75) is 219 Å². The molecule has 0 radical (unpaired) electrons. The number of esters is 2. The van der Waals surface area contributed by atoms with Gasteiger partial charge in [0, 0.05) is 20.0 Å². The Hall–Kier alpha value is -1.21. The van der Waals surface area contributed by atoms with E-state index in [1.54, 1.807) is 0 Å². The van der Waals surface area contributed by atoms with E-state index in [0.717, 1.165) is 58.5 Å². The number of phosphoric acid groups is 1. The lowest BCUT2D eigenvalue weighted by molar-refractivity contribution is -0.161. The van der Waals surface area contributed by atoms with E-state index < -0.39 is 26.5 Å². The summed E-state index contributed by atoms with van der Waals surface area (Å²) < 4.78 is 31.9. The first-order chi connectivity index (χ1) is 24.3. The third-order valence-corrected chi connectivity index (χ3v) is 10.2. The molecule has 296 valence electrons. The highest BCUT2D eigenvalue weighted by Crippen LogP contribution is 2.42. The Morgan fingerprint density at radius 3 is 1.30 bits per heavy atom. The molecule has 2 unspecified atom stereocenters. The lowest BCUT2D eigenvalue weighted by Gasteiger charge is -2.19. The van der Waals surface area contributed by atoms with Crippen LogP contribution in [0.25, 0.3) is 0 Å². The number of phosphoric ester groups is 1. The molecule has 9 heteroatoms. The fraction of sp³-hybridized carbons (Fsp3) is 0.902. The second-order valence-electron chi connectivity index (χ2n) is 14.1. The van der Waals surface area contributed by atoms with Crippen LogP contribution in [0.5, 0.6) is 0 Å². The minimum Gasteiger partial charge on any atom is -0.462 e. The third kappa shape index (κ3) is 36.6. The standard InChI is InChI=1S/C41H79O8P/c1-4-6-8-10-12-14-16-18-20-22-24-26-28-30-32-34-36-41(43)49-39(38-48-50(44,45)46-3)37-47-40(42)35-33-31-29-27-25-23-21-19-17-15-13-11-9-7-5-2/h20,22,39H,4-19,21,23-38H2,1-3H3,(H,44,45)/b22-20-. The van der Waals surface area contributed by atoms with Crippen LogP contribution in [0, 0.1) is 0 Å². The largest absolute Gasteiger partial charge is 0.472 e. The fourth-order valence-electron chi connectivity index (χ4n) is 6.01. The number of allylic oxidation sites excluding steroid dienone is 2. The zero-order valence-corrected chi connectivity index (χ0v) is 33.7. The van der Waals surface area contributed by atoms with Gasteiger partial charge in [-0.1, -0.05) is 174 Å². The topological polar surface area (TPSA) is 108 Å². The van der Waals surface area contributed by atoms with Crippen LogP contribution in [0.3, 0.4) is 0 Å². The van der Waals surface area contributed by atoms with Gasteiger partial charge in [0.1, 0.15) is 6.61 Å². The van der Waals surface area contributed by atoms with Gasteiger partial charge in [0.25, 0.3) is 0 Å². The first kappa shape index (κ1) is 48.8. The summed E-state index contributed by atoms with van der Waals surface area (Å²) in [6.07, 6.45) is 39.7. The Morgan fingerprint density at radius 1 is 0.540 bits per heavy atom. The van der Waals surface area contributed by atoms with Crippen LogP contribution in [0.15, 0.2) is 12.2 Å². The van der Waals surface area contributed by atoms with E-state index >= 15 is 0 Å². The molecule has 0 aromatic rings. The molecule has 2 atom stereocenters. The van der Waals surface area contributed by atoms with Crippen LogP contribution in [-0.2, 0) is 32.7 Å². The summed E-state index contributed by atoms with van der Waals surface area (Å²) in [7, 11) is -3.19. The van der Waals surface area contributed by atoms with Crippen molar-refractivity contribution in [2.75, 3.05) is 20.3 Å². The van der Waals surface area contributed by atoms with Crippen molar-refractivity contribution in [3.63, 3.8) is 0 Å². The molecule has 0 aliphatic rings. The van der Waals surface area contributed by atoms with Gasteiger partial charge in [-0.05, 0) is 38.5 Å². The summed E-state index contributed by atoms with van der Waals surface area (Å²) in [5.41, 5.74) is 0. The van der Waals surface area contributed by atoms with E-state index in [-0.39, 0.29) is 19.0 Å². The maximum absolute atomic E-state index is 12.5. The van der Waals surface area contributed by atoms with Crippen molar-refractivity contribution < 1.29 is 37.6 Å². The first-order valence-electron chi connectivity index (χ1n) is 20.9. The van der Waals surface area contributed by atoms with Gasteiger partial charge in [-0.25, -0.2) is 4.57 Å². The Bertz CT molecular complexity index is 833. The van der Waals surface area contributed by atoms with Gasteiger partial charge >= 0.3 is 19.8 Å². The van der Waals surface area contributed by atoms with Gasteiger partial charge in [0.05, 0.1) is 6.61 Å². The molecule has 0 bridgehead atoms. The van der Waals surface area contributed by atoms with Crippen molar-refractivity contribution >= 4 is 19.8 Å². The molecule has 50 heavy (non-hydrogen) atoms. The van der Waals surface area contributed by atoms with Crippen LogP contribution in [0.1, 0.15) is 213 Å². The molecule has 0 aromatic carbocycles. The van der Waals surface area contributed by atoms with Gasteiger partial charge in [0.15, 0.2) is 6.10 Å². The van der Waals surface area contributed by atoms with Crippen molar-refractivity contribution in [3.8, 4) is 0 Å². The lowest BCUT2D eigenvalue weighted by atomic mass is 10.0. The van der Waals surface area contributed by atoms with E-state index in [1.165, 1.54) is 128 Å². The Kier molecular flexibility index (Phi) is 36.6. The summed E-state index contributed by atoms with van der Waals surface area (Å²) in [6, 6.07) is 0. The molecule has 0 aromatic heterocycles. The van der Waals surface area contributed by atoms with Crippen LogP contribution in [0.2, 0.25) is 0 Å². The predicted octanol–water partition coefficient (Wildman–Crippen LogP) is 12.9. The van der Waals surface area contributed by atoms with Crippen LogP contribution < -0.4 is 0 Å². The van der Waals surface area contributed by atoms with Gasteiger partial charge in [-0.2, -0.15) is 0 Å². The molecule has 0 saturated heterocycles. The Morgan fingerprint density at radius 2 is 0.900 bits per heavy atom. The van der Waals surface area contributed by atoms with Crippen LogP contribution in [-0.4, -0.2) is 43.3 Å². The maximum atomic E-state index is 12.5. The molecule has 0 heterocycles. The number of rotatable bonds is 39. The molecule has 8 nitrogen and oxygen atoms in total. The number of hydrogen-bond donors (Lipinski definition) is 1. The highest BCUT2D eigenvalue weighted by molar-refractivity contribution is 7.47. The van der Waals surface area contributed by atoms with E-state index in [1.807, 2.05) is 0 Å². The minimum atomic E-state index is -4.26. The quantitative estimate of drug-likeness (QED) is 0.0288. The van der Waals surface area contributed by atoms with Crippen molar-refractivity contribution in [1.29, 1.82) is 0 Å². The second-order valence-corrected chi connectivity index (χ2v) is 15.7. The summed E-state index contributed by atoms with van der Waals surface area (Å²) >= 11 is 0. The molecular weight excluding hydrogens is 651 g/mol. The molecule has 0 aliphatic heterocycles. The highest BCUT2D eigenvalue weighted by atomic mass is 31.2. The molecular formula is C41H79O8P. The Labute approximate surface area is 308 Å². The molecule has 0 aliphatic carbocycles. The number of ether oxygens (including phenoxy) is 2. The van der Waals surface area contributed by atoms with Crippen molar-refractivity contribution in [1.82, 2.24) is 0 Å². The van der Waals surface area contributed by atoms with E-state index in [9.17, 15) is 19.0 Å². The molecule has 0 saturated carbocycles. The number of hydrogen-bond acceptors (Lipinski definition) is 7. The fourth-order valence-corrected chi connectivity index (χ4v) is 6.47. The molecule has 0 amide bonds. The predicted molar refractivity (Wildman–Crippen MR) is 207 cm³/mol. The number of carbonyl (C=O) groups excluding carboxylic acids is 2. The van der Waals surface area contributed by atoms with Crippen LogP contribution >= 0.6 is 7.82 Å². The first-order valence-corrected chi connectivity index (χ1v) is 22.4.